The molecule has 0 atom stereocenters. The number of rotatable bonds is 2. The zero-order chi connectivity index (χ0) is 13.1. The lowest BCUT2D eigenvalue weighted by molar-refractivity contribution is 0.819. The summed E-state index contributed by atoms with van der Waals surface area (Å²) in [6, 6.07) is 3.84. The van der Waals surface area contributed by atoms with Crippen molar-refractivity contribution in [3.8, 4) is 10.6 Å². The Balaban J connectivity index is 1.68. The van der Waals surface area contributed by atoms with Gasteiger partial charge in [-0.05, 0) is 35.4 Å². The fourth-order valence-corrected chi connectivity index (χ4v) is 3.05. The van der Waals surface area contributed by atoms with E-state index in [9.17, 15) is 0 Å². The van der Waals surface area contributed by atoms with Gasteiger partial charge in [-0.3, -0.25) is 0 Å². The molecule has 98 valence electrons. The minimum atomic E-state index is 0.530. The maximum absolute atomic E-state index is 4.62. The molecule has 1 aliphatic rings. The fraction of sp³-hybridized carbons (Fsp3) is 0.273. The van der Waals surface area contributed by atoms with Gasteiger partial charge >= 0.3 is 0 Å². The summed E-state index contributed by atoms with van der Waals surface area (Å²) in [5, 5.41) is 25.4. The second kappa shape index (κ2) is 3.57. The van der Waals surface area contributed by atoms with Gasteiger partial charge in [-0.15, -0.1) is 15.3 Å². The molecule has 4 aromatic rings. The molecule has 1 fully saturated rings. The van der Waals surface area contributed by atoms with E-state index in [-0.39, 0.29) is 0 Å². The van der Waals surface area contributed by atoms with Gasteiger partial charge < -0.3 is 0 Å². The van der Waals surface area contributed by atoms with Crippen LogP contribution in [0.1, 0.15) is 24.6 Å². The SMILES string of the molecule is c1cc2nnnn2cc1-c1nn2c(C3CC3)nnc2s1. The summed E-state index contributed by atoms with van der Waals surface area (Å²) in [6.07, 6.45) is 4.24. The molecule has 0 bridgehead atoms. The Bertz CT molecular complexity index is 930. The molecule has 0 saturated heterocycles. The molecule has 5 rings (SSSR count). The third kappa shape index (κ3) is 1.40. The van der Waals surface area contributed by atoms with E-state index in [1.54, 1.807) is 4.52 Å². The lowest BCUT2D eigenvalue weighted by Crippen LogP contribution is -1.94. The van der Waals surface area contributed by atoms with Crippen LogP contribution < -0.4 is 0 Å². The summed E-state index contributed by atoms with van der Waals surface area (Å²) in [5.41, 5.74) is 1.69. The Labute approximate surface area is 116 Å². The van der Waals surface area contributed by atoms with Gasteiger partial charge in [0.15, 0.2) is 11.5 Å². The normalized spacial score (nSPS) is 15.4. The molecule has 20 heavy (non-hydrogen) atoms. The molecular weight excluding hydrogens is 276 g/mol. The van der Waals surface area contributed by atoms with Crippen LogP contribution in [-0.2, 0) is 0 Å². The molecule has 1 saturated carbocycles. The third-order valence-electron chi connectivity index (χ3n) is 3.40. The lowest BCUT2D eigenvalue weighted by atomic mass is 10.3. The van der Waals surface area contributed by atoms with Crippen molar-refractivity contribution in [1.82, 2.24) is 39.9 Å². The Morgan fingerprint density at radius 1 is 1.15 bits per heavy atom. The summed E-state index contributed by atoms with van der Waals surface area (Å²) in [7, 11) is 0. The topological polar surface area (TPSA) is 86.2 Å². The minimum absolute atomic E-state index is 0.530. The Kier molecular flexibility index (Phi) is 1.85. The molecule has 1 aliphatic carbocycles. The van der Waals surface area contributed by atoms with Crippen LogP contribution in [0.15, 0.2) is 18.3 Å². The highest BCUT2D eigenvalue weighted by Gasteiger charge is 2.30. The van der Waals surface area contributed by atoms with Crippen molar-refractivity contribution in [2.45, 2.75) is 18.8 Å². The highest BCUT2D eigenvalue weighted by molar-refractivity contribution is 7.19. The van der Waals surface area contributed by atoms with Crippen molar-refractivity contribution < 1.29 is 0 Å². The van der Waals surface area contributed by atoms with E-state index >= 15 is 0 Å². The van der Waals surface area contributed by atoms with Gasteiger partial charge in [0, 0.05) is 17.7 Å². The van der Waals surface area contributed by atoms with Crippen LogP contribution in [0.5, 0.6) is 0 Å². The number of aromatic nitrogens is 8. The van der Waals surface area contributed by atoms with Crippen LogP contribution in [0.3, 0.4) is 0 Å². The predicted octanol–water partition coefficient (Wildman–Crippen LogP) is 1.17. The number of nitrogens with zero attached hydrogens (tertiary/aromatic N) is 8. The summed E-state index contributed by atoms with van der Waals surface area (Å²) in [6.45, 7) is 0. The van der Waals surface area contributed by atoms with E-state index in [1.165, 1.54) is 24.2 Å². The van der Waals surface area contributed by atoms with E-state index in [1.807, 2.05) is 22.8 Å². The number of fused-ring (bicyclic) bond motifs is 2. The summed E-state index contributed by atoms with van der Waals surface area (Å²) < 4.78 is 3.50. The first kappa shape index (κ1) is 10.4. The number of pyridine rings is 1. The van der Waals surface area contributed by atoms with Gasteiger partial charge in [0.05, 0.1) is 0 Å². The molecule has 0 N–H and O–H groups in total. The predicted molar refractivity (Wildman–Crippen MR) is 70.4 cm³/mol. The molecule has 4 heterocycles. The van der Waals surface area contributed by atoms with Crippen molar-refractivity contribution in [2.24, 2.45) is 0 Å². The maximum atomic E-state index is 4.62. The molecule has 8 nitrogen and oxygen atoms in total. The van der Waals surface area contributed by atoms with Crippen LogP contribution in [0.2, 0.25) is 0 Å². The van der Waals surface area contributed by atoms with E-state index in [2.05, 4.69) is 30.8 Å². The average molecular weight is 284 g/mol. The molecule has 0 unspecified atom stereocenters. The maximum Gasteiger partial charge on any atom is 0.234 e. The van der Waals surface area contributed by atoms with Crippen LogP contribution in [0.4, 0.5) is 0 Å². The average Bonchev–Trinajstić information content (AvgIpc) is 2.89. The molecule has 0 aromatic carbocycles. The third-order valence-corrected chi connectivity index (χ3v) is 4.34. The minimum Gasteiger partial charge on any atom is -0.200 e. The highest BCUT2D eigenvalue weighted by atomic mass is 32.1. The van der Waals surface area contributed by atoms with Crippen molar-refractivity contribution in [1.29, 1.82) is 0 Å². The summed E-state index contributed by atoms with van der Waals surface area (Å²) in [5.74, 6) is 1.51. The standard InChI is InChI=1S/C11H8N8S/c1-2-6(1)9-13-14-11-19(9)15-10(20-11)7-3-4-8-12-16-17-18(8)5-7/h3-6H,1-2H2. The highest BCUT2D eigenvalue weighted by Crippen LogP contribution is 2.39. The van der Waals surface area contributed by atoms with Gasteiger partial charge in [0.2, 0.25) is 4.96 Å². The molecule has 0 amide bonds. The fourth-order valence-electron chi connectivity index (χ4n) is 2.21. The molecular formula is C11H8N8S. The van der Waals surface area contributed by atoms with E-state index in [0.717, 1.165) is 27.0 Å². The van der Waals surface area contributed by atoms with E-state index in [0.29, 0.717) is 5.92 Å². The zero-order valence-corrected chi connectivity index (χ0v) is 11.0. The van der Waals surface area contributed by atoms with Crippen molar-refractivity contribution in [3.05, 3.63) is 24.2 Å². The molecule has 0 aliphatic heterocycles. The molecule has 0 spiro atoms. The Hall–Kier alpha value is -2.42. The van der Waals surface area contributed by atoms with Gasteiger partial charge in [0.1, 0.15) is 5.01 Å². The number of hydrogen-bond acceptors (Lipinski definition) is 7. The Morgan fingerprint density at radius 2 is 2.10 bits per heavy atom. The van der Waals surface area contributed by atoms with Crippen LogP contribution in [0.25, 0.3) is 21.2 Å². The Morgan fingerprint density at radius 3 is 3.00 bits per heavy atom. The van der Waals surface area contributed by atoms with Crippen molar-refractivity contribution in [3.63, 3.8) is 0 Å². The zero-order valence-electron chi connectivity index (χ0n) is 10.2. The second-order valence-corrected chi connectivity index (χ2v) is 5.79. The second-order valence-electron chi connectivity index (χ2n) is 4.83. The van der Waals surface area contributed by atoms with Crippen molar-refractivity contribution >= 4 is 21.9 Å². The molecule has 9 heteroatoms. The first-order chi connectivity index (χ1) is 9.88. The summed E-state index contributed by atoms with van der Waals surface area (Å²) >= 11 is 1.52. The lowest BCUT2D eigenvalue weighted by Gasteiger charge is -1.95. The molecule has 0 radical (unpaired) electrons. The number of hydrogen-bond donors (Lipinski definition) is 0. The monoisotopic (exact) mass is 284 g/mol. The van der Waals surface area contributed by atoms with Crippen LogP contribution >= 0.6 is 11.3 Å². The van der Waals surface area contributed by atoms with Gasteiger partial charge in [-0.25, -0.2) is 0 Å². The van der Waals surface area contributed by atoms with E-state index < -0.39 is 0 Å². The smallest absolute Gasteiger partial charge is 0.200 e. The van der Waals surface area contributed by atoms with Gasteiger partial charge in [0.25, 0.3) is 0 Å². The van der Waals surface area contributed by atoms with Gasteiger partial charge in [-0.1, -0.05) is 11.3 Å². The van der Waals surface area contributed by atoms with Crippen LogP contribution in [-0.4, -0.2) is 39.9 Å². The number of tetrazole rings is 1. The van der Waals surface area contributed by atoms with E-state index in [4.69, 9.17) is 0 Å². The summed E-state index contributed by atoms with van der Waals surface area (Å²) in [4.78, 5) is 0.832. The largest absolute Gasteiger partial charge is 0.234 e. The first-order valence-corrected chi connectivity index (χ1v) is 7.10. The molecule has 4 aromatic heterocycles. The first-order valence-electron chi connectivity index (χ1n) is 6.29. The van der Waals surface area contributed by atoms with Crippen molar-refractivity contribution in [2.75, 3.05) is 0 Å². The van der Waals surface area contributed by atoms with Crippen LogP contribution in [0, 0.1) is 0 Å². The van der Waals surface area contributed by atoms with Gasteiger partial charge in [-0.2, -0.15) is 14.1 Å². The quantitative estimate of drug-likeness (QED) is 0.549.